The molecule has 0 amide bonds. The highest BCUT2D eigenvalue weighted by Crippen LogP contribution is 2.16. The predicted molar refractivity (Wildman–Crippen MR) is 46.4 cm³/mol. The molecular formula is C9H19NO. The fraction of sp³-hybridized carbons (Fsp3) is 1.00. The Kier molecular flexibility index (Phi) is 3.34. The van der Waals surface area contributed by atoms with Crippen molar-refractivity contribution in [2.75, 3.05) is 19.7 Å². The highest BCUT2D eigenvalue weighted by Gasteiger charge is 2.23. The van der Waals surface area contributed by atoms with Gasteiger partial charge in [0.2, 0.25) is 0 Å². The van der Waals surface area contributed by atoms with Crippen LogP contribution in [0.25, 0.3) is 0 Å². The summed E-state index contributed by atoms with van der Waals surface area (Å²) in [4.78, 5) is 2.41. The maximum Gasteiger partial charge on any atom is 0.112 e. The molecule has 11 heavy (non-hydrogen) atoms. The van der Waals surface area contributed by atoms with Gasteiger partial charge < -0.3 is 4.74 Å². The van der Waals surface area contributed by atoms with E-state index in [0.29, 0.717) is 12.1 Å². The molecule has 1 aliphatic rings. The second kappa shape index (κ2) is 4.07. The van der Waals surface area contributed by atoms with Gasteiger partial charge in [0, 0.05) is 13.2 Å². The van der Waals surface area contributed by atoms with Gasteiger partial charge in [-0.15, -0.1) is 0 Å². The number of rotatable bonds is 2. The van der Waals surface area contributed by atoms with E-state index in [1.807, 2.05) is 0 Å². The lowest BCUT2D eigenvalue weighted by atomic mass is 10.1. The first-order valence-corrected chi connectivity index (χ1v) is 4.61. The zero-order valence-electron chi connectivity index (χ0n) is 7.84. The molecule has 66 valence electrons. The van der Waals surface area contributed by atoms with Crippen molar-refractivity contribution in [1.82, 2.24) is 4.90 Å². The summed E-state index contributed by atoms with van der Waals surface area (Å²) in [5, 5.41) is 0. The largest absolute Gasteiger partial charge is 0.363 e. The minimum atomic E-state index is 0.369. The Balaban J connectivity index is 2.44. The van der Waals surface area contributed by atoms with Crippen molar-refractivity contribution in [2.24, 2.45) is 5.92 Å². The first-order chi connectivity index (χ1) is 5.25. The maximum absolute atomic E-state index is 5.67. The molecule has 0 aromatic carbocycles. The van der Waals surface area contributed by atoms with Crippen LogP contribution >= 0.6 is 0 Å². The average molecular weight is 157 g/mol. The standard InChI is InChI=1S/C9H19NO/c1-4-10-6-5-7-11-9(10)8(2)3/h8-9H,4-7H2,1-3H3/t9-/m0/s1. The summed E-state index contributed by atoms with van der Waals surface area (Å²) in [6.45, 7) is 9.91. The van der Waals surface area contributed by atoms with E-state index in [2.05, 4.69) is 25.7 Å². The van der Waals surface area contributed by atoms with Crippen LogP contribution in [0.3, 0.4) is 0 Å². The molecule has 1 heterocycles. The smallest absolute Gasteiger partial charge is 0.112 e. The van der Waals surface area contributed by atoms with Gasteiger partial charge in [-0.05, 0) is 18.9 Å². The number of nitrogens with zero attached hydrogens (tertiary/aromatic N) is 1. The fourth-order valence-electron chi connectivity index (χ4n) is 1.66. The molecule has 1 saturated heterocycles. The third-order valence-electron chi connectivity index (χ3n) is 2.21. The van der Waals surface area contributed by atoms with Crippen LogP contribution in [0.2, 0.25) is 0 Å². The molecule has 1 atom stereocenters. The molecule has 0 unspecified atom stereocenters. The molecule has 0 N–H and O–H groups in total. The average Bonchev–Trinajstić information content (AvgIpc) is 2.04. The summed E-state index contributed by atoms with van der Waals surface area (Å²) in [6.07, 6.45) is 1.56. The van der Waals surface area contributed by atoms with Crippen LogP contribution in [0.15, 0.2) is 0 Å². The molecule has 2 heteroatoms. The van der Waals surface area contributed by atoms with E-state index in [4.69, 9.17) is 4.74 Å². The minimum absolute atomic E-state index is 0.369. The molecule has 1 rings (SSSR count). The third kappa shape index (κ3) is 2.17. The molecule has 1 aliphatic heterocycles. The Morgan fingerprint density at radius 2 is 2.27 bits per heavy atom. The van der Waals surface area contributed by atoms with Crippen LogP contribution in [0, 0.1) is 5.92 Å². The summed E-state index contributed by atoms with van der Waals surface area (Å²) in [5.74, 6) is 0.621. The Morgan fingerprint density at radius 3 is 2.73 bits per heavy atom. The molecule has 0 spiro atoms. The third-order valence-corrected chi connectivity index (χ3v) is 2.21. The SMILES string of the molecule is CCN1CCCO[C@H]1C(C)C. The van der Waals surface area contributed by atoms with Crippen LogP contribution in [-0.2, 0) is 4.74 Å². The van der Waals surface area contributed by atoms with Gasteiger partial charge in [0.25, 0.3) is 0 Å². The molecule has 1 fully saturated rings. The molecule has 0 saturated carbocycles. The Labute approximate surface area is 69.5 Å². The summed E-state index contributed by atoms with van der Waals surface area (Å²) >= 11 is 0. The van der Waals surface area contributed by atoms with Crippen molar-refractivity contribution >= 4 is 0 Å². The number of hydrogen-bond donors (Lipinski definition) is 0. The summed E-state index contributed by atoms with van der Waals surface area (Å²) in [7, 11) is 0. The number of ether oxygens (including phenoxy) is 1. The lowest BCUT2D eigenvalue weighted by molar-refractivity contribution is -0.116. The zero-order chi connectivity index (χ0) is 8.27. The van der Waals surface area contributed by atoms with Crippen molar-refractivity contribution in [3.8, 4) is 0 Å². The van der Waals surface area contributed by atoms with Gasteiger partial charge >= 0.3 is 0 Å². The number of hydrogen-bond acceptors (Lipinski definition) is 2. The summed E-state index contributed by atoms with van der Waals surface area (Å²) in [5.41, 5.74) is 0. The van der Waals surface area contributed by atoms with Gasteiger partial charge in [-0.2, -0.15) is 0 Å². The molecule has 0 aromatic rings. The van der Waals surface area contributed by atoms with Crippen molar-refractivity contribution < 1.29 is 4.74 Å². The van der Waals surface area contributed by atoms with Crippen LogP contribution < -0.4 is 0 Å². The van der Waals surface area contributed by atoms with E-state index in [0.717, 1.165) is 13.2 Å². The Bertz CT molecular complexity index is 114. The topological polar surface area (TPSA) is 12.5 Å². The van der Waals surface area contributed by atoms with Gasteiger partial charge in [0.15, 0.2) is 0 Å². The lowest BCUT2D eigenvalue weighted by Crippen LogP contribution is -2.45. The van der Waals surface area contributed by atoms with E-state index in [9.17, 15) is 0 Å². The van der Waals surface area contributed by atoms with Gasteiger partial charge in [-0.1, -0.05) is 20.8 Å². The fourth-order valence-corrected chi connectivity index (χ4v) is 1.66. The highest BCUT2D eigenvalue weighted by atomic mass is 16.5. The summed E-state index contributed by atoms with van der Waals surface area (Å²) < 4.78 is 5.67. The first kappa shape index (κ1) is 9.01. The van der Waals surface area contributed by atoms with E-state index >= 15 is 0 Å². The van der Waals surface area contributed by atoms with Gasteiger partial charge in [0.05, 0.1) is 0 Å². The van der Waals surface area contributed by atoms with Gasteiger partial charge in [-0.25, -0.2) is 0 Å². The van der Waals surface area contributed by atoms with Crippen LogP contribution in [0.4, 0.5) is 0 Å². The zero-order valence-corrected chi connectivity index (χ0v) is 7.84. The molecule has 0 bridgehead atoms. The second-order valence-corrected chi connectivity index (χ2v) is 3.49. The lowest BCUT2D eigenvalue weighted by Gasteiger charge is -2.37. The summed E-state index contributed by atoms with van der Waals surface area (Å²) in [6, 6.07) is 0. The second-order valence-electron chi connectivity index (χ2n) is 3.49. The quantitative estimate of drug-likeness (QED) is 0.605. The molecule has 0 aliphatic carbocycles. The van der Waals surface area contributed by atoms with E-state index in [1.54, 1.807) is 0 Å². The van der Waals surface area contributed by atoms with Crippen molar-refractivity contribution in [3.05, 3.63) is 0 Å². The molecule has 0 radical (unpaired) electrons. The minimum Gasteiger partial charge on any atom is -0.363 e. The van der Waals surface area contributed by atoms with Crippen LogP contribution in [-0.4, -0.2) is 30.8 Å². The maximum atomic E-state index is 5.67. The Hall–Kier alpha value is -0.0800. The van der Waals surface area contributed by atoms with Gasteiger partial charge in [0.1, 0.15) is 6.23 Å². The van der Waals surface area contributed by atoms with Crippen LogP contribution in [0.1, 0.15) is 27.2 Å². The predicted octanol–water partition coefficient (Wildman–Crippen LogP) is 1.71. The monoisotopic (exact) mass is 157 g/mol. The van der Waals surface area contributed by atoms with Crippen molar-refractivity contribution in [1.29, 1.82) is 0 Å². The molecular weight excluding hydrogens is 138 g/mol. The molecule has 2 nitrogen and oxygen atoms in total. The Morgan fingerprint density at radius 1 is 1.55 bits per heavy atom. The van der Waals surface area contributed by atoms with Gasteiger partial charge in [-0.3, -0.25) is 4.90 Å². The van der Waals surface area contributed by atoms with Crippen molar-refractivity contribution in [3.63, 3.8) is 0 Å². The van der Waals surface area contributed by atoms with E-state index < -0.39 is 0 Å². The normalized spacial score (nSPS) is 27.8. The highest BCUT2D eigenvalue weighted by molar-refractivity contribution is 4.69. The van der Waals surface area contributed by atoms with Crippen LogP contribution in [0.5, 0.6) is 0 Å². The molecule has 0 aromatic heterocycles. The van der Waals surface area contributed by atoms with E-state index in [1.165, 1.54) is 13.0 Å². The van der Waals surface area contributed by atoms with Crippen molar-refractivity contribution in [2.45, 2.75) is 33.4 Å². The first-order valence-electron chi connectivity index (χ1n) is 4.61. The van der Waals surface area contributed by atoms with E-state index in [-0.39, 0.29) is 0 Å².